The fourth-order valence-electron chi connectivity index (χ4n) is 1.34. The molecule has 7 nitrogen and oxygen atoms in total. The van der Waals surface area contributed by atoms with Gasteiger partial charge in [0.2, 0.25) is 5.91 Å². The number of carbonyl (C=O) groups excluding carboxylic acids is 1. The second-order valence-electron chi connectivity index (χ2n) is 3.78. The number of primary amides is 1. The Balaban J connectivity index is 2.41. The second-order valence-corrected chi connectivity index (χ2v) is 3.78. The number of aromatic nitrogens is 4. The number of amides is 1. The van der Waals surface area contributed by atoms with Gasteiger partial charge in [-0.3, -0.25) is 4.79 Å². The van der Waals surface area contributed by atoms with Gasteiger partial charge in [-0.2, -0.15) is 17.7 Å². The number of nitrogens with two attached hydrogens (primary N) is 1. The van der Waals surface area contributed by atoms with E-state index in [4.69, 9.17) is 5.73 Å². The minimum atomic E-state index is -4.67. The van der Waals surface area contributed by atoms with Crippen molar-refractivity contribution in [1.29, 1.82) is 0 Å². The zero-order valence-corrected chi connectivity index (χ0v) is 9.64. The summed E-state index contributed by atoms with van der Waals surface area (Å²) in [7, 11) is 0. The van der Waals surface area contributed by atoms with Crippen LogP contribution >= 0.6 is 0 Å². The lowest BCUT2D eigenvalue weighted by Gasteiger charge is -2.11. The molecule has 1 unspecified atom stereocenters. The molecule has 2 heterocycles. The molecule has 0 spiro atoms. The summed E-state index contributed by atoms with van der Waals surface area (Å²) in [5.41, 5.74) is 4.98. The van der Waals surface area contributed by atoms with Gasteiger partial charge in [0, 0.05) is 0 Å². The van der Waals surface area contributed by atoms with E-state index in [0.717, 1.165) is 0 Å². The van der Waals surface area contributed by atoms with Gasteiger partial charge >= 0.3 is 6.18 Å². The SMILES string of the molecule is CC(Nc1ccc2nnc(C(F)(F)F)n2n1)C(N)=O. The molecule has 0 aliphatic rings. The monoisotopic (exact) mass is 274 g/mol. The Labute approximate surface area is 104 Å². The van der Waals surface area contributed by atoms with Crippen molar-refractivity contribution < 1.29 is 18.0 Å². The number of alkyl halides is 3. The van der Waals surface area contributed by atoms with E-state index in [-0.39, 0.29) is 11.5 Å². The molecule has 2 aromatic heterocycles. The van der Waals surface area contributed by atoms with Crippen molar-refractivity contribution in [3.63, 3.8) is 0 Å². The molecule has 10 heteroatoms. The van der Waals surface area contributed by atoms with Gasteiger partial charge in [-0.1, -0.05) is 0 Å². The molecule has 0 aliphatic heterocycles. The molecule has 3 N–H and O–H groups in total. The molecule has 2 rings (SSSR count). The molecule has 1 atom stereocenters. The van der Waals surface area contributed by atoms with Gasteiger partial charge in [0.25, 0.3) is 5.82 Å². The molecule has 0 bridgehead atoms. The Kier molecular flexibility index (Phi) is 3.00. The highest BCUT2D eigenvalue weighted by Crippen LogP contribution is 2.27. The Morgan fingerprint density at radius 2 is 2.11 bits per heavy atom. The highest BCUT2D eigenvalue weighted by atomic mass is 19.4. The van der Waals surface area contributed by atoms with Crippen LogP contribution in [0.15, 0.2) is 12.1 Å². The maximum atomic E-state index is 12.6. The van der Waals surface area contributed by atoms with E-state index >= 15 is 0 Å². The lowest BCUT2D eigenvalue weighted by molar-refractivity contribution is -0.146. The van der Waals surface area contributed by atoms with Crippen LogP contribution in [0.1, 0.15) is 12.7 Å². The van der Waals surface area contributed by atoms with Crippen LogP contribution < -0.4 is 11.1 Å². The zero-order valence-electron chi connectivity index (χ0n) is 9.64. The second kappa shape index (κ2) is 4.37. The smallest absolute Gasteiger partial charge is 0.368 e. The number of anilines is 1. The quantitative estimate of drug-likeness (QED) is 0.845. The number of rotatable bonds is 3. The summed E-state index contributed by atoms with van der Waals surface area (Å²) in [5.74, 6) is -1.83. The standard InChI is InChI=1S/C9H9F3N6O/c1-4(7(13)19)14-5-2-3-6-15-16-8(9(10,11)12)18(6)17-5/h2-4H,1H3,(H2,13,19)(H,14,17). The van der Waals surface area contributed by atoms with Gasteiger partial charge in [0.05, 0.1) is 0 Å². The number of nitrogens with zero attached hydrogens (tertiary/aromatic N) is 4. The van der Waals surface area contributed by atoms with Crippen LogP contribution in [0.2, 0.25) is 0 Å². The molecule has 0 aliphatic carbocycles. The average molecular weight is 274 g/mol. The third-order valence-electron chi connectivity index (χ3n) is 2.31. The van der Waals surface area contributed by atoms with Crippen LogP contribution in [-0.4, -0.2) is 31.8 Å². The summed E-state index contributed by atoms with van der Waals surface area (Å²) in [6, 6.07) is 1.91. The fraction of sp³-hybridized carbons (Fsp3) is 0.333. The summed E-state index contributed by atoms with van der Waals surface area (Å²) >= 11 is 0. The summed E-state index contributed by atoms with van der Waals surface area (Å²) in [6.45, 7) is 1.46. The van der Waals surface area contributed by atoms with E-state index in [0.29, 0.717) is 4.52 Å². The van der Waals surface area contributed by atoms with Gasteiger partial charge in [0.1, 0.15) is 11.9 Å². The van der Waals surface area contributed by atoms with Crippen molar-refractivity contribution in [2.24, 2.45) is 5.73 Å². The molecule has 0 saturated heterocycles. The largest absolute Gasteiger partial charge is 0.453 e. The van der Waals surface area contributed by atoms with Crippen LogP contribution in [0, 0.1) is 0 Å². The Morgan fingerprint density at radius 3 is 2.68 bits per heavy atom. The summed E-state index contributed by atoms with van der Waals surface area (Å²) in [4.78, 5) is 10.9. The van der Waals surface area contributed by atoms with Crippen LogP contribution in [0.3, 0.4) is 0 Å². The fourth-order valence-corrected chi connectivity index (χ4v) is 1.34. The van der Waals surface area contributed by atoms with Crippen molar-refractivity contribution in [2.45, 2.75) is 19.1 Å². The number of hydrogen-bond acceptors (Lipinski definition) is 5. The number of nitrogens with one attached hydrogen (secondary N) is 1. The Hall–Kier alpha value is -2.39. The lowest BCUT2D eigenvalue weighted by atomic mass is 10.3. The van der Waals surface area contributed by atoms with Gasteiger partial charge < -0.3 is 11.1 Å². The molecule has 19 heavy (non-hydrogen) atoms. The zero-order chi connectivity index (χ0) is 14.2. The first kappa shape index (κ1) is 13.1. The number of carbonyl (C=O) groups is 1. The Morgan fingerprint density at radius 1 is 1.42 bits per heavy atom. The molecule has 102 valence electrons. The van der Waals surface area contributed by atoms with E-state index in [1.807, 2.05) is 0 Å². The molecule has 2 aromatic rings. The van der Waals surface area contributed by atoms with E-state index < -0.39 is 23.9 Å². The van der Waals surface area contributed by atoms with Crippen molar-refractivity contribution in [1.82, 2.24) is 19.8 Å². The predicted molar refractivity (Wildman–Crippen MR) is 58.1 cm³/mol. The van der Waals surface area contributed by atoms with Crippen molar-refractivity contribution in [3.05, 3.63) is 18.0 Å². The summed E-state index contributed by atoms with van der Waals surface area (Å²) in [5, 5.41) is 12.6. The van der Waals surface area contributed by atoms with Crippen molar-refractivity contribution in [3.8, 4) is 0 Å². The number of hydrogen-bond donors (Lipinski definition) is 2. The molecule has 0 radical (unpaired) electrons. The molecular formula is C9H9F3N6O. The van der Waals surface area contributed by atoms with Gasteiger partial charge in [-0.05, 0) is 19.1 Å². The minimum Gasteiger partial charge on any atom is -0.368 e. The third kappa shape index (κ3) is 2.56. The minimum absolute atomic E-state index is 0.0513. The van der Waals surface area contributed by atoms with Crippen LogP contribution in [0.5, 0.6) is 0 Å². The van der Waals surface area contributed by atoms with Crippen LogP contribution in [0.25, 0.3) is 5.65 Å². The van der Waals surface area contributed by atoms with E-state index in [9.17, 15) is 18.0 Å². The summed E-state index contributed by atoms with van der Waals surface area (Å²) in [6.07, 6.45) is -4.67. The first-order chi connectivity index (χ1) is 8.79. The molecular weight excluding hydrogens is 265 g/mol. The highest BCUT2D eigenvalue weighted by Gasteiger charge is 2.37. The normalized spacial score (nSPS) is 13.5. The van der Waals surface area contributed by atoms with E-state index in [2.05, 4.69) is 20.6 Å². The van der Waals surface area contributed by atoms with Crippen LogP contribution in [-0.2, 0) is 11.0 Å². The van der Waals surface area contributed by atoms with Gasteiger partial charge in [0.15, 0.2) is 5.65 Å². The van der Waals surface area contributed by atoms with Crippen molar-refractivity contribution in [2.75, 3.05) is 5.32 Å². The lowest BCUT2D eigenvalue weighted by Crippen LogP contribution is -2.33. The highest BCUT2D eigenvalue weighted by molar-refractivity contribution is 5.82. The first-order valence-corrected chi connectivity index (χ1v) is 5.14. The predicted octanol–water partition coefficient (Wildman–Crippen LogP) is 0.429. The molecule has 0 aromatic carbocycles. The summed E-state index contributed by atoms with van der Waals surface area (Å²) < 4.78 is 38.4. The van der Waals surface area contributed by atoms with Gasteiger partial charge in [-0.25, -0.2) is 0 Å². The first-order valence-electron chi connectivity index (χ1n) is 5.14. The third-order valence-corrected chi connectivity index (χ3v) is 2.31. The molecule has 1 amide bonds. The number of halogens is 3. The molecule has 0 fully saturated rings. The van der Waals surface area contributed by atoms with Crippen LogP contribution in [0.4, 0.5) is 19.0 Å². The van der Waals surface area contributed by atoms with Gasteiger partial charge in [-0.15, -0.1) is 15.3 Å². The molecule has 0 saturated carbocycles. The van der Waals surface area contributed by atoms with E-state index in [1.54, 1.807) is 0 Å². The number of fused-ring (bicyclic) bond motifs is 1. The maximum absolute atomic E-state index is 12.6. The van der Waals surface area contributed by atoms with E-state index in [1.165, 1.54) is 19.1 Å². The topological polar surface area (TPSA) is 98.2 Å². The average Bonchev–Trinajstić information content (AvgIpc) is 2.71. The maximum Gasteiger partial charge on any atom is 0.453 e. The van der Waals surface area contributed by atoms with Crippen molar-refractivity contribution >= 4 is 17.4 Å². The Bertz CT molecular complexity index is 622.